The molecular formula is C8H12F6N2. The highest BCUT2D eigenvalue weighted by atomic mass is 19.4. The van der Waals surface area contributed by atoms with Gasteiger partial charge in [0.05, 0.1) is 12.8 Å². The lowest BCUT2D eigenvalue weighted by atomic mass is 10.1. The van der Waals surface area contributed by atoms with Crippen LogP contribution in [0.5, 0.6) is 0 Å². The van der Waals surface area contributed by atoms with Crippen molar-refractivity contribution in [2.75, 3.05) is 13.1 Å². The number of alkyl halides is 6. The third-order valence-corrected chi connectivity index (χ3v) is 2.21. The smallest absolute Gasteiger partial charge is 0.314 e. The van der Waals surface area contributed by atoms with E-state index < -0.39 is 37.3 Å². The maximum Gasteiger partial charge on any atom is 0.390 e. The predicted molar refractivity (Wildman–Crippen MR) is 44.9 cm³/mol. The van der Waals surface area contributed by atoms with Crippen LogP contribution in [0.3, 0.4) is 0 Å². The van der Waals surface area contributed by atoms with Crippen molar-refractivity contribution >= 4 is 0 Å². The summed E-state index contributed by atoms with van der Waals surface area (Å²) in [6.45, 7) is 0.0712. The molecule has 2 N–H and O–H groups in total. The monoisotopic (exact) mass is 250 g/mol. The Bertz CT molecular complexity index is 202. The molecule has 2 atom stereocenters. The number of piperazine rings is 1. The summed E-state index contributed by atoms with van der Waals surface area (Å²) in [6.07, 6.45) is -11.0. The van der Waals surface area contributed by atoms with Crippen LogP contribution in [0.15, 0.2) is 0 Å². The van der Waals surface area contributed by atoms with Gasteiger partial charge in [0, 0.05) is 25.2 Å². The van der Waals surface area contributed by atoms with Gasteiger partial charge in [-0.25, -0.2) is 0 Å². The summed E-state index contributed by atoms with van der Waals surface area (Å²) >= 11 is 0. The third kappa shape index (κ3) is 5.55. The van der Waals surface area contributed by atoms with Gasteiger partial charge in [-0.2, -0.15) is 26.3 Å². The minimum absolute atomic E-state index is 0.0356. The molecule has 0 saturated carbocycles. The fourth-order valence-corrected chi connectivity index (χ4v) is 1.70. The van der Waals surface area contributed by atoms with Gasteiger partial charge >= 0.3 is 12.4 Å². The van der Waals surface area contributed by atoms with Crippen LogP contribution in [0.1, 0.15) is 12.8 Å². The van der Waals surface area contributed by atoms with E-state index in [1.54, 1.807) is 0 Å². The first-order valence-corrected chi connectivity index (χ1v) is 4.76. The molecule has 0 aromatic heterocycles. The van der Waals surface area contributed by atoms with Gasteiger partial charge in [-0.1, -0.05) is 0 Å². The van der Waals surface area contributed by atoms with Gasteiger partial charge in [-0.05, 0) is 0 Å². The molecule has 1 rings (SSSR count). The normalized spacial score (nSPS) is 28.1. The number of hydrogen-bond donors (Lipinski definition) is 2. The Labute approximate surface area is 88.4 Å². The zero-order valence-corrected chi connectivity index (χ0v) is 8.25. The van der Waals surface area contributed by atoms with Crippen LogP contribution in [-0.4, -0.2) is 37.5 Å². The molecule has 1 aliphatic heterocycles. The van der Waals surface area contributed by atoms with Crippen molar-refractivity contribution in [3.05, 3.63) is 0 Å². The second-order valence-corrected chi connectivity index (χ2v) is 3.86. The lowest BCUT2D eigenvalue weighted by Gasteiger charge is -2.32. The van der Waals surface area contributed by atoms with E-state index in [2.05, 4.69) is 10.6 Å². The van der Waals surface area contributed by atoms with Crippen LogP contribution in [0, 0.1) is 0 Å². The van der Waals surface area contributed by atoms with Crippen molar-refractivity contribution in [2.45, 2.75) is 37.3 Å². The van der Waals surface area contributed by atoms with Crippen LogP contribution >= 0.6 is 0 Å². The molecule has 0 radical (unpaired) electrons. The summed E-state index contributed by atoms with van der Waals surface area (Å²) in [5.41, 5.74) is 0. The van der Waals surface area contributed by atoms with Gasteiger partial charge in [0.25, 0.3) is 0 Å². The largest absolute Gasteiger partial charge is 0.390 e. The average molecular weight is 250 g/mol. The molecule has 16 heavy (non-hydrogen) atoms. The molecule has 1 aliphatic rings. The van der Waals surface area contributed by atoms with Crippen LogP contribution in [0.25, 0.3) is 0 Å². The maximum atomic E-state index is 12.0. The van der Waals surface area contributed by atoms with E-state index in [0.717, 1.165) is 0 Å². The van der Waals surface area contributed by atoms with Crippen LogP contribution in [0.2, 0.25) is 0 Å². The molecule has 96 valence electrons. The number of hydrogen-bond acceptors (Lipinski definition) is 2. The first-order valence-electron chi connectivity index (χ1n) is 4.76. The van der Waals surface area contributed by atoms with Crippen molar-refractivity contribution in [1.29, 1.82) is 0 Å². The van der Waals surface area contributed by atoms with E-state index in [0.29, 0.717) is 0 Å². The molecule has 2 nitrogen and oxygen atoms in total. The number of halogens is 6. The number of nitrogens with one attached hydrogen (secondary N) is 2. The first kappa shape index (κ1) is 13.6. The highest BCUT2D eigenvalue weighted by Gasteiger charge is 2.37. The molecule has 0 bridgehead atoms. The van der Waals surface area contributed by atoms with E-state index in [1.807, 2.05) is 0 Å². The van der Waals surface area contributed by atoms with Crippen LogP contribution in [0.4, 0.5) is 26.3 Å². The zero-order valence-electron chi connectivity index (χ0n) is 8.25. The minimum Gasteiger partial charge on any atom is -0.314 e. The van der Waals surface area contributed by atoms with Crippen LogP contribution < -0.4 is 10.6 Å². The Morgan fingerprint density at radius 2 is 1.19 bits per heavy atom. The molecule has 0 aromatic rings. The van der Waals surface area contributed by atoms with Crippen molar-refractivity contribution in [1.82, 2.24) is 10.6 Å². The summed E-state index contributed by atoms with van der Waals surface area (Å²) in [5, 5.41) is 4.93. The Hall–Kier alpha value is -0.500. The lowest BCUT2D eigenvalue weighted by molar-refractivity contribution is -0.148. The molecule has 1 fully saturated rings. The summed E-state index contributed by atoms with van der Waals surface area (Å²) < 4.78 is 72.1. The van der Waals surface area contributed by atoms with Gasteiger partial charge in [-0.3, -0.25) is 0 Å². The van der Waals surface area contributed by atoms with Gasteiger partial charge in [-0.15, -0.1) is 0 Å². The summed E-state index contributed by atoms with van der Waals surface area (Å²) in [7, 11) is 0. The zero-order chi connectivity index (χ0) is 12.4. The SMILES string of the molecule is FC(F)(F)C[C@H]1CNC[C@H](CC(F)(F)F)N1. The minimum atomic E-state index is -4.36. The van der Waals surface area contributed by atoms with E-state index in [9.17, 15) is 26.3 Å². The molecule has 0 aromatic carbocycles. The second kappa shape index (κ2) is 4.79. The summed E-state index contributed by atoms with van der Waals surface area (Å²) in [6, 6.07) is -1.97. The van der Waals surface area contributed by atoms with E-state index in [-0.39, 0.29) is 13.1 Å². The second-order valence-electron chi connectivity index (χ2n) is 3.86. The van der Waals surface area contributed by atoms with Gasteiger partial charge in [0.2, 0.25) is 0 Å². The maximum absolute atomic E-state index is 12.0. The Morgan fingerprint density at radius 1 is 0.812 bits per heavy atom. The topological polar surface area (TPSA) is 24.1 Å². The van der Waals surface area contributed by atoms with Crippen molar-refractivity contribution in [3.8, 4) is 0 Å². The van der Waals surface area contributed by atoms with Gasteiger partial charge < -0.3 is 10.6 Å². The molecule has 0 unspecified atom stereocenters. The quantitative estimate of drug-likeness (QED) is 0.730. The Kier molecular flexibility index (Phi) is 4.06. The van der Waals surface area contributed by atoms with E-state index in [4.69, 9.17) is 0 Å². The molecule has 8 heteroatoms. The van der Waals surface area contributed by atoms with Crippen LogP contribution in [-0.2, 0) is 0 Å². The van der Waals surface area contributed by atoms with Gasteiger partial charge in [0.15, 0.2) is 0 Å². The fourth-order valence-electron chi connectivity index (χ4n) is 1.70. The Balaban J connectivity index is 2.41. The van der Waals surface area contributed by atoms with Crippen molar-refractivity contribution in [3.63, 3.8) is 0 Å². The van der Waals surface area contributed by atoms with Crippen molar-refractivity contribution < 1.29 is 26.3 Å². The molecule has 0 spiro atoms. The molecule has 1 heterocycles. The molecule has 0 amide bonds. The highest BCUT2D eigenvalue weighted by molar-refractivity contribution is 4.86. The third-order valence-electron chi connectivity index (χ3n) is 2.21. The average Bonchev–Trinajstić information content (AvgIpc) is 1.96. The molecule has 1 saturated heterocycles. The first-order chi connectivity index (χ1) is 7.16. The summed E-state index contributed by atoms with van der Waals surface area (Å²) in [5.74, 6) is 0. The summed E-state index contributed by atoms with van der Waals surface area (Å²) in [4.78, 5) is 0. The lowest BCUT2D eigenvalue weighted by Crippen LogP contribution is -2.57. The highest BCUT2D eigenvalue weighted by Crippen LogP contribution is 2.25. The molecular weight excluding hydrogens is 238 g/mol. The number of rotatable bonds is 2. The predicted octanol–water partition coefficient (Wildman–Crippen LogP) is 1.82. The van der Waals surface area contributed by atoms with E-state index in [1.165, 1.54) is 0 Å². The van der Waals surface area contributed by atoms with Crippen molar-refractivity contribution in [2.24, 2.45) is 0 Å². The van der Waals surface area contributed by atoms with Gasteiger partial charge in [0.1, 0.15) is 0 Å². The Morgan fingerprint density at radius 3 is 1.50 bits per heavy atom. The molecule has 0 aliphatic carbocycles. The fraction of sp³-hybridized carbons (Fsp3) is 1.00. The standard InChI is InChI=1S/C8H12F6N2/c9-7(10,11)1-5-3-15-4-6(16-5)2-8(12,13)14/h5-6,15-16H,1-4H2/t5-,6-/m0/s1. The van der Waals surface area contributed by atoms with E-state index >= 15 is 0 Å².